The Bertz CT molecular complexity index is 736. The molecule has 2 rings (SSSR count). The van der Waals surface area contributed by atoms with Gasteiger partial charge in [-0.1, -0.05) is 12.1 Å². The molecule has 0 fully saturated rings. The van der Waals surface area contributed by atoms with Gasteiger partial charge >= 0.3 is 5.97 Å². The van der Waals surface area contributed by atoms with Gasteiger partial charge < -0.3 is 10.4 Å². The summed E-state index contributed by atoms with van der Waals surface area (Å²) in [5.74, 6) is -0.914. The Morgan fingerprint density at radius 2 is 2.00 bits per heavy atom. The first-order chi connectivity index (χ1) is 9.84. The van der Waals surface area contributed by atoms with Gasteiger partial charge in [-0.15, -0.1) is 11.3 Å². The number of nitrogens with one attached hydrogen (secondary N) is 1. The standard InChI is InChI=1S/C13H14N2O4S2/c1-21(18,19)11-4-2-9(3-5-11)7-14-13-15-10(8-20-13)6-12(16)17/h2-5,8H,6-7H2,1H3,(H,14,15)(H,16,17). The molecule has 0 spiro atoms. The minimum Gasteiger partial charge on any atom is -0.481 e. The molecule has 0 aliphatic rings. The molecular weight excluding hydrogens is 312 g/mol. The second-order valence-electron chi connectivity index (χ2n) is 4.48. The molecule has 0 unspecified atom stereocenters. The smallest absolute Gasteiger partial charge is 0.309 e. The van der Waals surface area contributed by atoms with E-state index >= 15 is 0 Å². The first-order valence-corrected chi connectivity index (χ1v) is 8.81. The number of thiazole rings is 1. The molecule has 2 aromatic rings. The maximum Gasteiger partial charge on any atom is 0.309 e. The minimum atomic E-state index is -3.18. The van der Waals surface area contributed by atoms with Crippen LogP contribution < -0.4 is 5.32 Å². The van der Waals surface area contributed by atoms with Crippen molar-refractivity contribution in [2.45, 2.75) is 17.9 Å². The minimum absolute atomic E-state index is 0.0960. The van der Waals surface area contributed by atoms with Crippen LogP contribution in [0.3, 0.4) is 0 Å². The summed E-state index contributed by atoms with van der Waals surface area (Å²) in [7, 11) is -3.18. The monoisotopic (exact) mass is 326 g/mol. The lowest BCUT2D eigenvalue weighted by molar-refractivity contribution is -0.136. The summed E-state index contributed by atoms with van der Waals surface area (Å²) in [4.78, 5) is 15.0. The Morgan fingerprint density at radius 3 is 2.57 bits per heavy atom. The van der Waals surface area contributed by atoms with Crippen molar-refractivity contribution in [3.05, 3.63) is 40.9 Å². The van der Waals surface area contributed by atoms with E-state index in [2.05, 4.69) is 10.3 Å². The molecule has 0 atom stereocenters. The second kappa shape index (κ2) is 6.23. The van der Waals surface area contributed by atoms with Gasteiger partial charge in [0.25, 0.3) is 0 Å². The van der Waals surface area contributed by atoms with Gasteiger partial charge in [0.1, 0.15) is 0 Å². The Hall–Kier alpha value is -1.93. The predicted octanol–water partition coefficient (Wildman–Crippen LogP) is 1.79. The zero-order valence-electron chi connectivity index (χ0n) is 11.2. The van der Waals surface area contributed by atoms with Crippen molar-refractivity contribution in [1.29, 1.82) is 0 Å². The number of sulfone groups is 1. The molecular formula is C13H14N2O4S2. The van der Waals surface area contributed by atoms with Crippen LogP contribution in [0.1, 0.15) is 11.3 Å². The Labute approximate surface area is 126 Å². The molecule has 21 heavy (non-hydrogen) atoms. The van der Waals surface area contributed by atoms with E-state index in [4.69, 9.17) is 5.11 Å². The van der Waals surface area contributed by atoms with Gasteiger partial charge in [-0.25, -0.2) is 13.4 Å². The summed E-state index contributed by atoms with van der Waals surface area (Å²) < 4.78 is 22.7. The van der Waals surface area contributed by atoms with Crippen LogP contribution in [0.4, 0.5) is 5.13 Å². The number of benzene rings is 1. The summed E-state index contributed by atoms with van der Waals surface area (Å²) in [5.41, 5.74) is 1.43. The van der Waals surface area contributed by atoms with E-state index in [0.717, 1.165) is 5.56 Å². The number of anilines is 1. The van der Waals surface area contributed by atoms with Crippen molar-refractivity contribution in [2.75, 3.05) is 11.6 Å². The van der Waals surface area contributed by atoms with E-state index in [1.165, 1.54) is 17.6 Å². The lowest BCUT2D eigenvalue weighted by Crippen LogP contribution is -2.02. The summed E-state index contributed by atoms with van der Waals surface area (Å²) in [5, 5.41) is 14.1. The van der Waals surface area contributed by atoms with Crippen LogP contribution in [0.25, 0.3) is 0 Å². The third kappa shape index (κ3) is 4.54. The highest BCUT2D eigenvalue weighted by atomic mass is 32.2. The van der Waals surface area contributed by atoms with E-state index in [-0.39, 0.29) is 11.3 Å². The molecule has 0 amide bonds. The highest BCUT2D eigenvalue weighted by Gasteiger charge is 2.07. The van der Waals surface area contributed by atoms with Gasteiger partial charge in [0.15, 0.2) is 15.0 Å². The predicted molar refractivity (Wildman–Crippen MR) is 80.3 cm³/mol. The number of hydrogen-bond acceptors (Lipinski definition) is 6. The van der Waals surface area contributed by atoms with Crippen LogP contribution >= 0.6 is 11.3 Å². The number of carbonyl (C=O) groups is 1. The number of aromatic nitrogens is 1. The SMILES string of the molecule is CS(=O)(=O)c1ccc(CNc2nc(CC(=O)O)cs2)cc1. The van der Waals surface area contributed by atoms with Gasteiger partial charge in [-0.2, -0.15) is 0 Å². The normalized spacial score (nSPS) is 11.3. The molecule has 0 aliphatic carbocycles. The van der Waals surface area contributed by atoms with Crippen LogP contribution in [0.5, 0.6) is 0 Å². The van der Waals surface area contributed by atoms with Gasteiger partial charge in [0, 0.05) is 18.2 Å². The quantitative estimate of drug-likeness (QED) is 0.840. The van der Waals surface area contributed by atoms with Gasteiger partial charge in [-0.3, -0.25) is 4.79 Å². The van der Waals surface area contributed by atoms with Crippen molar-refractivity contribution >= 4 is 32.3 Å². The molecule has 0 bridgehead atoms. The summed E-state index contributed by atoms with van der Waals surface area (Å²) >= 11 is 1.34. The summed E-state index contributed by atoms with van der Waals surface area (Å²) in [6.45, 7) is 0.490. The zero-order valence-corrected chi connectivity index (χ0v) is 12.9. The van der Waals surface area contributed by atoms with Crippen molar-refractivity contribution in [3.8, 4) is 0 Å². The maximum atomic E-state index is 11.3. The van der Waals surface area contributed by atoms with Crippen LogP contribution in [0.15, 0.2) is 34.5 Å². The molecule has 8 heteroatoms. The fraction of sp³-hybridized carbons (Fsp3) is 0.231. The molecule has 0 saturated carbocycles. The van der Waals surface area contributed by atoms with Gasteiger partial charge in [0.2, 0.25) is 0 Å². The van der Waals surface area contributed by atoms with Crippen molar-refractivity contribution in [1.82, 2.24) is 4.98 Å². The van der Waals surface area contributed by atoms with Crippen molar-refractivity contribution in [2.24, 2.45) is 0 Å². The lowest BCUT2D eigenvalue weighted by atomic mass is 10.2. The summed E-state index contributed by atoms with van der Waals surface area (Å²) in [6.07, 6.45) is 1.07. The molecule has 6 nitrogen and oxygen atoms in total. The van der Waals surface area contributed by atoms with E-state index in [9.17, 15) is 13.2 Å². The number of nitrogens with zero attached hydrogens (tertiary/aromatic N) is 1. The number of aliphatic carboxylic acids is 1. The largest absolute Gasteiger partial charge is 0.481 e. The zero-order chi connectivity index (χ0) is 15.5. The number of rotatable bonds is 6. The fourth-order valence-electron chi connectivity index (χ4n) is 1.66. The van der Waals surface area contributed by atoms with E-state index in [1.54, 1.807) is 29.6 Å². The topological polar surface area (TPSA) is 96.4 Å². The molecule has 112 valence electrons. The highest BCUT2D eigenvalue weighted by molar-refractivity contribution is 7.90. The fourth-order valence-corrected chi connectivity index (χ4v) is 3.00. The van der Waals surface area contributed by atoms with Crippen LogP contribution in [-0.4, -0.2) is 30.7 Å². The molecule has 0 saturated heterocycles. The average Bonchev–Trinajstić information content (AvgIpc) is 2.82. The molecule has 0 radical (unpaired) electrons. The number of carboxylic acids is 1. The van der Waals surface area contributed by atoms with E-state index < -0.39 is 15.8 Å². The number of carboxylic acid groups (broad SMARTS) is 1. The highest BCUT2D eigenvalue weighted by Crippen LogP contribution is 2.17. The number of hydrogen-bond donors (Lipinski definition) is 2. The summed E-state index contributed by atoms with van der Waals surface area (Å²) in [6, 6.07) is 6.58. The maximum absolute atomic E-state index is 11.3. The lowest BCUT2D eigenvalue weighted by Gasteiger charge is -2.04. The van der Waals surface area contributed by atoms with Crippen LogP contribution in [0, 0.1) is 0 Å². The molecule has 1 aromatic carbocycles. The molecule has 0 aliphatic heterocycles. The van der Waals surface area contributed by atoms with Gasteiger partial charge in [0.05, 0.1) is 17.0 Å². The Morgan fingerprint density at radius 1 is 1.33 bits per heavy atom. The van der Waals surface area contributed by atoms with E-state index in [0.29, 0.717) is 17.4 Å². The third-order valence-electron chi connectivity index (χ3n) is 2.68. The average molecular weight is 326 g/mol. The van der Waals surface area contributed by atoms with Gasteiger partial charge in [-0.05, 0) is 17.7 Å². The Kier molecular flexibility index (Phi) is 4.59. The molecule has 1 aromatic heterocycles. The first kappa shape index (κ1) is 15.5. The Balaban J connectivity index is 1.97. The second-order valence-corrected chi connectivity index (χ2v) is 7.36. The van der Waals surface area contributed by atoms with Crippen LogP contribution in [0.2, 0.25) is 0 Å². The van der Waals surface area contributed by atoms with Crippen LogP contribution in [-0.2, 0) is 27.6 Å². The van der Waals surface area contributed by atoms with E-state index in [1.807, 2.05) is 0 Å². The van der Waals surface area contributed by atoms with Crippen molar-refractivity contribution < 1.29 is 18.3 Å². The first-order valence-electron chi connectivity index (χ1n) is 6.03. The third-order valence-corrected chi connectivity index (χ3v) is 4.66. The molecule has 2 N–H and O–H groups in total. The van der Waals surface area contributed by atoms with Crippen molar-refractivity contribution in [3.63, 3.8) is 0 Å². The molecule has 1 heterocycles.